The molecule has 0 saturated carbocycles. The number of hydrogen-bond donors (Lipinski definition) is 1. The normalized spacial score (nSPS) is 12.2. The Kier molecular flexibility index (Phi) is 4.96. The highest BCUT2D eigenvalue weighted by Crippen LogP contribution is 2.03. The van der Waals surface area contributed by atoms with Crippen molar-refractivity contribution in [2.75, 3.05) is 6.54 Å². The summed E-state index contributed by atoms with van der Waals surface area (Å²) in [5.41, 5.74) is 1.03. The van der Waals surface area contributed by atoms with E-state index >= 15 is 0 Å². The minimum Gasteiger partial charge on any atom is -0.356 e. The lowest BCUT2D eigenvalue weighted by molar-refractivity contribution is -0.124. The van der Waals surface area contributed by atoms with Gasteiger partial charge in [-0.15, -0.1) is 0 Å². The maximum Gasteiger partial charge on any atom is 0.222 e. The van der Waals surface area contributed by atoms with Gasteiger partial charge in [-0.1, -0.05) is 26.0 Å². The molecule has 0 spiro atoms. The average Bonchev–Trinajstić information content (AvgIpc) is 2.30. The van der Waals surface area contributed by atoms with Crippen molar-refractivity contribution in [1.29, 1.82) is 0 Å². The Bertz CT molecular complexity index is 334. The van der Waals surface area contributed by atoms with Gasteiger partial charge in [0.1, 0.15) is 5.82 Å². The van der Waals surface area contributed by atoms with Crippen LogP contribution in [-0.2, 0) is 11.2 Å². The van der Waals surface area contributed by atoms with E-state index in [1.807, 2.05) is 13.8 Å². The number of nitrogens with one attached hydrogen (secondary N) is 1. The van der Waals surface area contributed by atoms with Gasteiger partial charge in [0, 0.05) is 12.5 Å². The van der Waals surface area contributed by atoms with Crippen LogP contribution in [0.5, 0.6) is 0 Å². The lowest BCUT2D eigenvalue weighted by Crippen LogP contribution is -2.30. The summed E-state index contributed by atoms with van der Waals surface area (Å²) in [4.78, 5) is 11.4. The van der Waals surface area contributed by atoms with E-state index in [0.717, 1.165) is 18.4 Å². The molecule has 1 aromatic carbocycles. The van der Waals surface area contributed by atoms with Gasteiger partial charge in [-0.2, -0.15) is 0 Å². The number of carbonyl (C=O) groups is 1. The molecule has 0 aliphatic heterocycles. The molecule has 88 valence electrons. The zero-order chi connectivity index (χ0) is 12.0. The van der Waals surface area contributed by atoms with Crippen LogP contribution in [0.4, 0.5) is 4.39 Å². The fraction of sp³-hybridized carbons (Fsp3) is 0.462. The van der Waals surface area contributed by atoms with Gasteiger partial charge in [0.25, 0.3) is 0 Å². The monoisotopic (exact) mass is 223 g/mol. The molecular weight excluding hydrogens is 205 g/mol. The maximum absolute atomic E-state index is 12.6. The van der Waals surface area contributed by atoms with Gasteiger partial charge in [-0.05, 0) is 30.5 Å². The molecule has 1 atom stereocenters. The number of benzene rings is 1. The maximum atomic E-state index is 12.6. The number of amides is 1. The molecule has 0 heterocycles. The standard InChI is InChI=1S/C13H18FNO/c1-3-10(2)13(16)15-9-8-11-4-6-12(14)7-5-11/h4-7,10H,3,8-9H2,1-2H3,(H,15,16). The first-order chi connectivity index (χ1) is 7.63. The topological polar surface area (TPSA) is 29.1 Å². The highest BCUT2D eigenvalue weighted by molar-refractivity contribution is 5.78. The Morgan fingerprint density at radius 1 is 1.38 bits per heavy atom. The van der Waals surface area contributed by atoms with Gasteiger partial charge in [0.2, 0.25) is 5.91 Å². The first-order valence-corrected chi connectivity index (χ1v) is 5.65. The van der Waals surface area contributed by atoms with E-state index in [0.29, 0.717) is 6.54 Å². The van der Waals surface area contributed by atoms with Gasteiger partial charge >= 0.3 is 0 Å². The van der Waals surface area contributed by atoms with Crippen LogP contribution in [-0.4, -0.2) is 12.5 Å². The van der Waals surface area contributed by atoms with Gasteiger partial charge < -0.3 is 5.32 Å². The highest BCUT2D eigenvalue weighted by atomic mass is 19.1. The molecule has 1 amide bonds. The highest BCUT2D eigenvalue weighted by Gasteiger charge is 2.08. The van der Waals surface area contributed by atoms with Crippen molar-refractivity contribution in [1.82, 2.24) is 5.32 Å². The van der Waals surface area contributed by atoms with Crippen LogP contribution in [0.2, 0.25) is 0 Å². The fourth-order valence-corrected chi connectivity index (χ4v) is 1.34. The molecule has 0 radical (unpaired) electrons. The van der Waals surface area contributed by atoms with Gasteiger partial charge in [0.05, 0.1) is 0 Å². The fourth-order valence-electron chi connectivity index (χ4n) is 1.34. The SMILES string of the molecule is CCC(C)C(=O)NCCc1ccc(F)cc1. The first kappa shape index (κ1) is 12.7. The number of halogens is 1. The number of rotatable bonds is 5. The summed E-state index contributed by atoms with van der Waals surface area (Å²) in [6.45, 7) is 4.51. The molecule has 16 heavy (non-hydrogen) atoms. The molecule has 0 aliphatic carbocycles. The summed E-state index contributed by atoms with van der Waals surface area (Å²) in [5.74, 6) is -0.0785. The molecule has 1 unspecified atom stereocenters. The lowest BCUT2D eigenvalue weighted by atomic mass is 10.1. The summed E-state index contributed by atoms with van der Waals surface area (Å²) < 4.78 is 12.6. The second-order valence-corrected chi connectivity index (χ2v) is 3.98. The average molecular weight is 223 g/mol. The molecular formula is C13H18FNO. The summed E-state index contributed by atoms with van der Waals surface area (Å²) in [5, 5.41) is 2.86. The third kappa shape index (κ3) is 4.01. The molecule has 0 fully saturated rings. The molecule has 3 heteroatoms. The minimum absolute atomic E-state index is 0.0632. The van der Waals surface area contributed by atoms with E-state index in [-0.39, 0.29) is 17.6 Å². The predicted molar refractivity (Wildman–Crippen MR) is 62.6 cm³/mol. The van der Waals surface area contributed by atoms with Crippen molar-refractivity contribution < 1.29 is 9.18 Å². The number of carbonyl (C=O) groups excluding carboxylic acids is 1. The van der Waals surface area contributed by atoms with Crippen molar-refractivity contribution >= 4 is 5.91 Å². The Hall–Kier alpha value is -1.38. The largest absolute Gasteiger partial charge is 0.356 e. The third-order valence-corrected chi connectivity index (χ3v) is 2.69. The molecule has 1 rings (SSSR count). The Morgan fingerprint density at radius 2 is 2.00 bits per heavy atom. The lowest BCUT2D eigenvalue weighted by Gasteiger charge is -2.09. The third-order valence-electron chi connectivity index (χ3n) is 2.69. The smallest absolute Gasteiger partial charge is 0.222 e. The quantitative estimate of drug-likeness (QED) is 0.816. The van der Waals surface area contributed by atoms with Crippen LogP contribution in [0.3, 0.4) is 0 Å². The van der Waals surface area contributed by atoms with Crippen LogP contribution < -0.4 is 5.32 Å². The first-order valence-electron chi connectivity index (χ1n) is 5.65. The molecule has 1 N–H and O–H groups in total. The minimum atomic E-state index is -0.229. The molecule has 0 aliphatic rings. The Morgan fingerprint density at radius 3 is 2.56 bits per heavy atom. The Balaban J connectivity index is 2.30. The van der Waals surface area contributed by atoms with Crippen LogP contribution in [0.1, 0.15) is 25.8 Å². The van der Waals surface area contributed by atoms with Crippen LogP contribution in [0, 0.1) is 11.7 Å². The van der Waals surface area contributed by atoms with E-state index < -0.39 is 0 Å². The van der Waals surface area contributed by atoms with Gasteiger partial charge in [-0.25, -0.2) is 4.39 Å². The predicted octanol–water partition coefficient (Wildman–Crippen LogP) is 2.53. The van der Waals surface area contributed by atoms with E-state index in [1.54, 1.807) is 12.1 Å². The van der Waals surface area contributed by atoms with Crippen molar-refractivity contribution in [3.8, 4) is 0 Å². The summed E-state index contributed by atoms with van der Waals surface area (Å²) >= 11 is 0. The van der Waals surface area contributed by atoms with E-state index in [1.165, 1.54) is 12.1 Å². The second-order valence-electron chi connectivity index (χ2n) is 3.98. The van der Waals surface area contributed by atoms with Gasteiger partial charge in [-0.3, -0.25) is 4.79 Å². The zero-order valence-corrected chi connectivity index (χ0v) is 9.79. The van der Waals surface area contributed by atoms with Crippen molar-refractivity contribution in [3.63, 3.8) is 0 Å². The van der Waals surface area contributed by atoms with E-state index in [2.05, 4.69) is 5.32 Å². The molecule has 0 bridgehead atoms. The molecule has 2 nitrogen and oxygen atoms in total. The van der Waals surface area contributed by atoms with Crippen LogP contribution in [0.15, 0.2) is 24.3 Å². The van der Waals surface area contributed by atoms with E-state index in [9.17, 15) is 9.18 Å². The Labute approximate surface area is 95.9 Å². The summed E-state index contributed by atoms with van der Waals surface area (Å²) in [6, 6.07) is 6.35. The molecule has 1 aromatic rings. The van der Waals surface area contributed by atoms with Crippen LogP contribution in [0.25, 0.3) is 0 Å². The zero-order valence-electron chi connectivity index (χ0n) is 9.79. The second kappa shape index (κ2) is 6.26. The van der Waals surface area contributed by atoms with Gasteiger partial charge in [0.15, 0.2) is 0 Å². The van der Waals surface area contributed by atoms with Crippen LogP contribution >= 0.6 is 0 Å². The molecule has 0 aromatic heterocycles. The summed E-state index contributed by atoms with van der Waals surface area (Å²) in [6.07, 6.45) is 1.59. The van der Waals surface area contributed by atoms with Crippen molar-refractivity contribution in [2.24, 2.45) is 5.92 Å². The summed E-state index contributed by atoms with van der Waals surface area (Å²) in [7, 11) is 0. The van der Waals surface area contributed by atoms with Crippen molar-refractivity contribution in [2.45, 2.75) is 26.7 Å². The molecule has 0 saturated heterocycles. The van der Waals surface area contributed by atoms with E-state index in [4.69, 9.17) is 0 Å². The number of hydrogen-bond acceptors (Lipinski definition) is 1. The van der Waals surface area contributed by atoms with Crippen molar-refractivity contribution in [3.05, 3.63) is 35.6 Å².